The number of rotatable bonds is 4. The summed E-state index contributed by atoms with van der Waals surface area (Å²) >= 11 is 0. The number of hydrogen-bond donors (Lipinski definition) is 3. The zero-order valence-electron chi connectivity index (χ0n) is 12.6. The van der Waals surface area contributed by atoms with Gasteiger partial charge < -0.3 is 20.7 Å². The Hall–Kier alpha value is -1.72. The first-order valence-corrected chi connectivity index (χ1v) is 7.00. The molecule has 6 nitrogen and oxygen atoms in total. The number of nitrogens with one attached hydrogen (secondary N) is 2. The largest absolute Gasteiger partial charge is 0.444 e. The quantitative estimate of drug-likeness (QED) is 0.540. The number of piperidine rings is 1. The van der Waals surface area contributed by atoms with Crippen LogP contribution in [0.4, 0.5) is 4.79 Å². The van der Waals surface area contributed by atoms with Gasteiger partial charge in [-0.1, -0.05) is 0 Å². The highest BCUT2D eigenvalue weighted by atomic mass is 16.6. The van der Waals surface area contributed by atoms with Crippen LogP contribution in [0.5, 0.6) is 0 Å². The number of amidine groups is 1. The molecule has 1 rings (SSSR count). The molecule has 0 atom stereocenters. The lowest BCUT2D eigenvalue weighted by molar-refractivity contribution is 0.0185. The molecule has 20 heavy (non-hydrogen) atoms. The van der Waals surface area contributed by atoms with Gasteiger partial charge in [0.05, 0.1) is 0 Å². The van der Waals surface area contributed by atoms with E-state index in [1.807, 2.05) is 20.8 Å². The molecular formula is C14H26N4O2. The molecule has 0 radical (unpaired) electrons. The van der Waals surface area contributed by atoms with Gasteiger partial charge in [-0.05, 0) is 45.6 Å². The third-order valence-corrected chi connectivity index (χ3v) is 3.05. The van der Waals surface area contributed by atoms with Crippen LogP contribution >= 0.6 is 0 Å². The summed E-state index contributed by atoms with van der Waals surface area (Å²) in [5, 5.41) is 10.2. The lowest BCUT2D eigenvalue weighted by atomic mass is 9.97. The van der Waals surface area contributed by atoms with Crippen molar-refractivity contribution in [2.75, 3.05) is 19.6 Å². The maximum absolute atomic E-state index is 11.9. The molecule has 1 fully saturated rings. The number of carbonyl (C=O) groups is 1. The summed E-state index contributed by atoms with van der Waals surface area (Å²) in [6.45, 7) is 7.94. The van der Waals surface area contributed by atoms with Crippen LogP contribution in [0, 0.1) is 11.3 Å². The van der Waals surface area contributed by atoms with E-state index >= 15 is 0 Å². The molecule has 0 aromatic carbocycles. The monoisotopic (exact) mass is 282 g/mol. The van der Waals surface area contributed by atoms with Gasteiger partial charge in [0.25, 0.3) is 0 Å². The van der Waals surface area contributed by atoms with E-state index < -0.39 is 5.60 Å². The van der Waals surface area contributed by atoms with Crippen molar-refractivity contribution in [3.05, 3.63) is 12.3 Å². The van der Waals surface area contributed by atoms with E-state index in [1.165, 1.54) is 6.08 Å². The van der Waals surface area contributed by atoms with E-state index in [1.54, 1.807) is 11.1 Å². The molecule has 0 aromatic heterocycles. The van der Waals surface area contributed by atoms with Crippen LogP contribution in [-0.2, 0) is 4.74 Å². The third-order valence-electron chi connectivity index (χ3n) is 3.05. The van der Waals surface area contributed by atoms with Crippen molar-refractivity contribution in [2.24, 2.45) is 11.7 Å². The molecule has 1 saturated heterocycles. The van der Waals surface area contributed by atoms with E-state index in [0.29, 0.717) is 5.92 Å². The summed E-state index contributed by atoms with van der Waals surface area (Å²) in [6.07, 6.45) is 4.92. The lowest BCUT2D eigenvalue weighted by Crippen LogP contribution is -2.43. The number of nitrogens with two attached hydrogens (primary N) is 1. The minimum atomic E-state index is -0.438. The van der Waals surface area contributed by atoms with Crippen molar-refractivity contribution < 1.29 is 9.53 Å². The van der Waals surface area contributed by atoms with Gasteiger partial charge in [-0.25, -0.2) is 4.79 Å². The first-order valence-electron chi connectivity index (χ1n) is 7.00. The van der Waals surface area contributed by atoms with Gasteiger partial charge >= 0.3 is 6.09 Å². The van der Waals surface area contributed by atoms with Crippen LogP contribution in [0.15, 0.2) is 12.3 Å². The first-order chi connectivity index (χ1) is 9.28. The second-order valence-electron chi connectivity index (χ2n) is 6.11. The SMILES string of the molecule is CC(C)(C)OC(=O)N1CCC(CN/C=C\C(=N)N)CC1. The van der Waals surface area contributed by atoms with Crippen LogP contribution in [0.25, 0.3) is 0 Å². The number of hydrogen-bond acceptors (Lipinski definition) is 4. The molecule has 1 heterocycles. The first kappa shape index (κ1) is 16.3. The number of amides is 1. The summed E-state index contributed by atoms with van der Waals surface area (Å²) < 4.78 is 5.36. The molecule has 0 bridgehead atoms. The van der Waals surface area contributed by atoms with Crippen LogP contribution < -0.4 is 11.1 Å². The topological polar surface area (TPSA) is 91.4 Å². The van der Waals surface area contributed by atoms with Gasteiger partial charge in [-0.3, -0.25) is 5.41 Å². The standard InChI is InChI=1S/C14H26N4O2/c1-14(2,3)20-13(19)18-8-5-11(6-9-18)10-17-7-4-12(15)16/h4,7,11,17H,5-6,8-10H2,1-3H3,(H3,15,16)/b7-4-. The second-order valence-corrected chi connectivity index (χ2v) is 6.11. The Bertz CT molecular complexity index is 366. The molecule has 0 aromatic rings. The highest BCUT2D eigenvalue weighted by Gasteiger charge is 2.26. The second kappa shape index (κ2) is 7.17. The van der Waals surface area contributed by atoms with Gasteiger partial charge in [-0.2, -0.15) is 0 Å². The van der Waals surface area contributed by atoms with Gasteiger partial charge in [-0.15, -0.1) is 0 Å². The van der Waals surface area contributed by atoms with E-state index in [2.05, 4.69) is 5.32 Å². The fraction of sp³-hybridized carbons (Fsp3) is 0.714. The fourth-order valence-corrected chi connectivity index (χ4v) is 2.03. The van der Waals surface area contributed by atoms with Gasteiger partial charge in [0.2, 0.25) is 0 Å². The minimum Gasteiger partial charge on any atom is -0.444 e. The normalized spacial score (nSPS) is 17.2. The predicted molar refractivity (Wildman–Crippen MR) is 79.6 cm³/mol. The average Bonchev–Trinajstić information content (AvgIpc) is 2.33. The summed E-state index contributed by atoms with van der Waals surface area (Å²) in [5.41, 5.74) is 4.77. The Morgan fingerprint density at radius 3 is 2.55 bits per heavy atom. The van der Waals surface area contributed by atoms with Crippen molar-refractivity contribution in [3.63, 3.8) is 0 Å². The Kier molecular flexibility index (Phi) is 5.85. The fourth-order valence-electron chi connectivity index (χ4n) is 2.03. The molecule has 4 N–H and O–H groups in total. The van der Waals surface area contributed by atoms with Gasteiger partial charge in [0.15, 0.2) is 0 Å². The molecule has 1 aliphatic heterocycles. The van der Waals surface area contributed by atoms with Crippen molar-refractivity contribution in [1.82, 2.24) is 10.2 Å². The smallest absolute Gasteiger partial charge is 0.410 e. The molecule has 0 aliphatic carbocycles. The van der Waals surface area contributed by atoms with E-state index in [-0.39, 0.29) is 11.9 Å². The van der Waals surface area contributed by atoms with E-state index in [0.717, 1.165) is 32.5 Å². The maximum Gasteiger partial charge on any atom is 0.410 e. The molecule has 0 spiro atoms. The number of nitrogens with zero attached hydrogens (tertiary/aromatic N) is 1. The minimum absolute atomic E-state index is 0.0391. The summed E-state index contributed by atoms with van der Waals surface area (Å²) in [7, 11) is 0. The lowest BCUT2D eigenvalue weighted by Gasteiger charge is -2.33. The molecular weight excluding hydrogens is 256 g/mol. The summed E-state index contributed by atoms with van der Waals surface area (Å²) in [4.78, 5) is 13.7. The highest BCUT2D eigenvalue weighted by Crippen LogP contribution is 2.19. The summed E-state index contributed by atoms with van der Waals surface area (Å²) in [5.74, 6) is 0.572. The van der Waals surface area contributed by atoms with E-state index in [4.69, 9.17) is 15.9 Å². The molecule has 0 unspecified atom stereocenters. The number of ether oxygens (including phenoxy) is 1. The molecule has 1 aliphatic rings. The van der Waals surface area contributed by atoms with Crippen LogP contribution in [0.3, 0.4) is 0 Å². The Morgan fingerprint density at radius 1 is 1.45 bits per heavy atom. The number of likely N-dealkylation sites (tertiary alicyclic amines) is 1. The average molecular weight is 282 g/mol. The van der Waals surface area contributed by atoms with E-state index in [9.17, 15) is 4.79 Å². The zero-order valence-corrected chi connectivity index (χ0v) is 12.6. The van der Waals surface area contributed by atoms with Crippen molar-refractivity contribution in [2.45, 2.75) is 39.2 Å². The van der Waals surface area contributed by atoms with Crippen LogP contribution in [0.1, 0.15) is 33.6 Å². The highest BCUT2D eigenvalue weighted by molar-refractivity contribution is 5.88. The summed E-state index contributed by atoms with van der Waals surface area (Å²) in [6, 6.07) is 0. The maximum atomic E-state index is 11.9. The van der Waals surface area contributed by atoms with Gasteiger partial charge in [0.1, 0.15) is 11.4 Å². The van der Waals surface area contributed by atoms with Gasteiger partial charge in [0, 0.05) is 25.8 Å². The van der Waals surface area contributed by atoms with Crippen molar-refractivity contribution >= 4 is 11.9 Å². The third kappa shape index (κ3) is 6.45. The van der Waals surface area contributed by atoms with Crippen LogP contribution in [-0.4, -0.2) is 42.1 Å². The van der Waals surface area contributed by atoms with Crippen molar-refractivity contribution in [1.29, 1.82) is 5.41 Å². The molecule has 0 saturated carbocycles. The molecule has 1 amide bonds. The Balaban J connectivity index is 2.26. The van der Waals surface area contributed by atoms with Crippen LogP contribution in [0.2, 0.25) is 0 Å². The predicted octanol–water partition coefficient (Wildman–Crippen LogP) is 1.67. The molecule has 6 heteroatoms. The number of carbonyl (C=O) groups excluding carboxylic acids is 1. The Morgan fingerprint density at radius 2 is 2.05 bits per heavy atom. The zero-order chi connectivity index (χ0) is 15.2. The Labute approximate surface area is 120 Å². The van der Waals surface area contributed by atoms with Crippen molar-refractivity contribution in [3.8, 4) is 0 Å². The molecule has 114 valence electrons.